The van der Waals surface area contributed by atoms with Crippen LogP contribution in [0.4, 0.5) is 0 Å². The third-order valence-electron chi connectivity index (χ3n) is 2.68. The number of phenolic OH excluding ortho intramolecular Hbond substituents is 1. The first-order valence-electron chi connectivity index (χ1n) is 5.61. The molecule has 1 aromatic rings. The minimum absolute atomic E-state index is 0. The van der Waals surface area contributed by atoms with E-state index in [1.807, 2.05) is 18.2 Å². The van der Waals surface area contributed by atoms with E-state index in [1.54, 1.807) is 18.2 Å². The summed E-state index contributed by atoms with van der Waals surface area (Å²) in [5, 5.41) is 9.54. The Hall–Kier alpha value is -1.09. The minimum Gasteiger partial charge on any atom is -1.00 e. The Bertz CT molecular complexity index is 507. The van der Waals surface area contributed by atoms with E-state index < -0.39 is 0 Å². The van der Waals surface area contributed by atoms with Gasteiger partial charge in [-0.3, -0.25) is 4.79 Å². The molecule has 1 aliphatic carbocycles. The maximum absolute atomic E-state index is 11.8. The van der Waals surface area contributed by atoms with Crippen molar-refractivity contribution in [3.05, 3.63) is 66.3 Å². The number of rotatable bonds is 3. The van der Waals surface area contributed by atoms with E-state index in [2.05, 4.69) is 12.2 Å². The first kappa shape index (κ1) is 15.0. The van der Waals surface area contributed by atoms with Gasteiger partial charge in [0.15, 0.2) is 5.78 Å². The molecule has 0 amide bonds. The zero-order valence-electron chi connectivity index (χ0n) is 11.4. The van der Waals surface area contributed by atoms with Gasteiger partial charge in [-0.15, -0.1) is 0 Å². The summed E-state index contributed by atoms with van der Waals surface area (Å²) in [6.45, 7) is 0. The number of para-hydroxylation sites is 1. The van der Waals surface area contributed by atoms with Crippen LogP contribution in [0.5, 0.6) is 5.75 Å². The number of aromatic hydroxyl groups is 1. The third-order valence-corrected chi connectivity index (χ3v) is 2.68. The molecule has 1 atom stereocenters. The molecule has 2 nitrogen and oxygen atoms in total. The van der Waals surface area contributed by atoms with Crippen LogP contribution in [0, 0.1) is 5.92 Å². The van der Waals surface area contributed by atoms with Crippen LogP contribution in [-0.4, -0.2) is 10.9 Å². The SMILES string of the molecule is O=C(C=CC1C=CC=CC1)c1ccccc1O.[H-].[Na+]. The molecule has 0 aliphatic heterocycles. The largest absolute Gasteiger partial charge is 1.00 e. The van der Waals surface area contributed by atoms with E-state index in [9.17, 15) is 9.90 Å². The molecule has 18 heavy (non-hydrogen) atoms. The van der Waals surface area contributed by atoms with Crippen LogP contribution < -0.4 is 29.6 Å². The number of hydrogen-bond donors (Lipinski definition) is 1. The standard InChI is InChI=1S/C15H14O2.Na.H/c16-14-9-5-4-8-13(14)15(17)11-10-12-6-2-1-3-7-12;;/h1-6,8-12,16H,7H2;;/q;+1;-1. The van der Waals surface area contributed by atoms with Crippen molar-refractivity contribution in [3.8, 4) is 5.75 Å². The van der Waals surface area contributed by atoms with Crippen molar-refractivity contribution >= 4 is 5.78 Å². The normalized spacial score (nSPS) is 17.7. The van der Waals surface area contributed by atoms with Gasteiger partial charge in [-0.1, -0.05) is 42.5 Å². The summed E-state index contributed by atoms with van der Waals surface area (Å²) in [5.74, 6) is 0.141. The number of phenols is 1. The quantitative estimate of drug-likeness (QED) is 0.478. The fourth-order valence-electron chi connectivity index (χ4n) is 1.73. The number of carbonyl (C=O) groups is 1. The molecule has 0 bridgehead atoms. The minimum atomic E-state index is -0.161. The molecule has 0 heterocycles. The molecule has 1 unspecified atom stereocenters. The van der Waals surface area contributed by atoms with Crippen molar-refractivity contribution in [1.82, 2.24) is 0 Å². The Kier molecular flexibility index (Phi) is 6.13. The summed E-state index contributed by atoms with van der Waals surface area (Å²) in [5.41, 5.74) is 0.346. The molecule has 0 aromatic heterocycles. The van der Waals surface area contributed by atoms with Crippen molar-refractivity contribution in [3.63, 3.8) is 0 Å². The molecule has 0 spiro atoms. The molecule has 2 rings (SSSR count). The molecular weight excluding hydrogens is 235 g/mol. The fourth-order valence-corrected chi connectivity index (χ4v) is 1.73. The summed E-state index contributed by atoms with van der Waals surface area (Å²) < 4.78 is 0. The number of carbonyl (C=O) groups excluding carboxylic acids is 1. The summed E-state index contributed by atoms with van der Waals surface area (Å²) in [7, 11) is 0. The van der Waals surface area contributed by atoms with Gasteiger partial charge < -0.3 is 6.53 Å². The van der Waals surface area contributed by atoms with Gasteiger partial charge in [0.1, 0.15) is 5.75 Å². The smallest absolute Gasteiger partial charge is 1.00 e. The van der Waals surface area contributed by atoms with Gasteiger partial charge in [0.25, 0.3) is 0 Å². The average Bonchev–Trinajstić information content (AvgIpc) is 2.38. The summed E-state index contributed by atoms with van der Waals surface area (Å²) >= 11 is 0. The maximum atomic E-state index is 11.8. The molecule has 3 heteroatoms. The molecule has 0 fully saturated rings. The van der Waals surface area contributed by atoms with Crippen LogP contribution in [-0.2, 0) is 0 Å². The Morgan fingerprint density at radius 1 is 1.33 bits per heavy atom. The molecule has 0 saturated carbocycles. The predicted molar refractivity (Wildman–Crippen MR) is 69.1 cm³/mol. The number of allylic oxidation sites excluding steroid dienone is 6. The van der Waals surface area contributed by atoms with E-state index >= 15 is 0 Å². The van der Waals surface area contributed by atoms with Crippen molar-refractivity contribution < 1.29 is 40.9 Å². The van der Waals surface area contributed by atoms with Gasteiger partial charge in [0, 0.05) is 0 Å². The van der Waals surface area contributed by atoms with Crippen LogP contribution in [0.15, 0.2) is 60.7 Å². The first-order chi connectivity index (χ1) is 8.27. The zero-order chi connectivity index (χ0) is 12.1. The Morgan fingerprint density at radius 3 is 2.78 bits per heavy atom. The van der Waals surface area contributed by atoms with Crippen LogP contribution in [0.3, 0.4) is 0 Å². The maximum Gasteiger partial charge on any atom is 1.00 e. The van der Waals surface area contributed by atoms with E-state index in [0.29, 0.717) is 5.56 Å². The molecule has 1 aromatic carbocycles. The second-order valence-corrected chi connectivity index (χ2v) is 3.95. The summed E-state index contributed by atoms with van der Waals surface area (Å²) in [6.07, 6.45) is 12.4. The van der Waals surface area contributed by atoms with Crippen molar-refractivity contribution in [1.29, 1.82) is 0 Å². The Morgan fingerprint density at radius 2 is 2.11 bits per heavy atom. The van der Waals surface area contributed by atoms with E-state index in [1.165, 1.54) is 12.1 Å². The number of ketones is 1. The molecule has 0 radical (unpaired) electrons. The average molecular weight is 250 g/mol. The molecule has 1 N–H and O–H groups in total. The van der Waals surface area contributed by atoms with Gasteiger partial charge in [0.05, 0.1) is 5.56 Å². The van der Waals surface area contributed by atoms with Crippen molar-refractivity contribution in [2.24, 2.45) is 5.92 Å². The van der Waals surface area contributed by atoms with Crippen LogP contribution in [0.2, 0.25) is 0 Å². The topological polar surface area (TPSA) is 37.3 Å². The second-order valence-electron chi connectivity index (χ2n) is 3.95. The van der Waals surface area contributed by atoms with E-state index in [4.69, 9.17) is 0 Å². The third kappa shape index (κ3) is 3.98. The van der Waals surface area contributed by atoms with Gasteiger partial charge in [-0.05, 0) is 30.5 Å². The van der Waals surface area contributed by atoms with Gasteiger partial charge in [-0.25, -0.2) is 0 Å². The van der Waals surface area contributed by atoms with Crippen molar-refractivity contribution in [2.75, 3.05) is 0 Å². The predicted octanol–water partition coefficient (Wildman–Crippen LogP) is 0.380. The fraction of sp³-hybridized carbons (Fsp3) is 0.133. The number of hydrogen-bond acceptors (Lipinski definition) is 2. The number of benzene rings is 1. The van der Waals surface area contributed by atoms with Crippen LogP contribution in [0.25, 0.3) is 0 Å². The Labute approximate surface area is 130 Å². The van der Waals surface area contributed by atoms with Crippen molar-refractivity contribution in [2.45, 2.75) is 6.42 Å². The van der Waals surface area contributed by atoms with Gasteiger partial charge in [-0.2, -0.15) is 0 Å². The summed E-state index contributed by atoms with van der Waals surface area (Å²) in [4.78, 5) is 11.8. The van der Waals surface area contributed by atoms with Gasteiger partial charge >= 0.3 is 29.6 Å². The van der Waals surface area contributed by atoms with Crippen LogP contribution in [0.1, 0.15) is 18.2 Å². The van der Waals surface area contributed by atoms with Crippen LogP contribution >= 0.6 is 0 Å². The molecular formula is C15H15NaO2. The van der Waals surface area contributed by atoms with Gasteiger partial charge in [0.2, 0.25) is 0 Å². The molecule has 0 saturated heterocycles. The van der Waals surface area contributed by atoms with E-state index in [-0.39, 0.29) is 48.4 Å². The summed E-state index contributed by atoms with van der Waals surface area (Å²) in [6, 6.07) is 6.58. The molecule has 1 aliphatic rings. The zero-order valence-corrected chi connectivity index (χ0v) is 12.4. The molecule has 88 valence electrons. The first-order valence-corrected chi connectivity index (χ1v) is 5.61. The second kappa shape index (κ2) is 7.37. The monoisotopic (exact) mass is 250 g/mol. The van der Waals surface area contributed by atoms with E-state index in [0.717, 1.165) is 6.42 Å². The Balaban J connectivity index is 0.00000162.